The van der Waals surface area contributed by atoms with Gasteiger partial charge in [0.05, 0.1) is 5.56 Å². The molecule has 138 valence electrons. The van der Waals surface area contributed by atoms with Crippen molar-refractivity contribution in [3.63, 3.8) is 0 Å². The Kier molecular flexibility index (Phi) is 4.51. The average Bonchev–Trinajstić information content (AvgIpc) is 2.64. The van der Waals surface area contributed by atoms with Crippen LogP contribution in [-0.2, 0) is 6.42 Å². The highest BCUT2D eigenvalue weighted by Gasteiger charge is 2.23. The lowest BCUT2D eigenvalue weighted by atomic mass is 9.95. The number of phenolic OH excluding ortho intramolecular Hbond substituents is 6. The van der Waals surface area contributed by atoms with Crippen LogP contribution in [-0.4, -0.2) is 36.4 Å². The normalized spacial score (nSPS) is 10.7. The summed E-state index contributed by atoms with van der Waals surface area (Å²) in [6.45, 7) is 0. The number of rotatable bonds is 4. The van der Waals surface area contributed by atoms with Gasteiger partial charge in [-0.2, -0.15) is 0 Å². The van der Waals surface area contributed by atoms with Gasteiger partial charge in [-0.1, -0.05) is 30.3 Å². The lowest BCUT2D eigenvalue weighted by Gasteiger charge is -2.14. The van der Waals surface area contributed by atoms with Crippen LogP contribution in [0.15, 0.2) is 48.5 Å². The van der Waals surface area contributed by atoms with E-state index in [9.17, 15) is 35.4 Å². The van der Waals surface area contributed by atoms with E-state index in [2.05, 4.69) is 0 Å². The maximum atomic E-state index is 12.6. The zero-order valence-corrected chi connectivity index (χ0v) is 13.9. The van der Waals surface area contributed by atoms with Gasteiger partial charge in [0.15, 0.2) is 17.3 Å². The maximum Gasteiger partial charge on any atom is 0.201 e. The van der Waals surface area contributed by atoms with Crippen molar-refractivity contribution in [2.24, 2.45) is 0 Å². The molecule has 0 atom stereocenters. The van der Waals surface area contributed by atoms with Crippen molar-refractivity contribution in [1.29, 1.82) is 0 Å². The third kappa shape index (κ3) is 3.30. The lowest BCUT2D eigenvalue weighted by Crippen LogP contribution is -2.03. The molecule has 0 aliphatic rings. The SMILES string of the molecule is O=C(c1ccccc1)c1cc(Cc2c(O)cc(O)cc2O)c(O)c(O)c1O. The minimum absolute atomic E-state index is 0.0131. The monoisotopic (exact) mass is 368 g/mol. The molecular formula is C20H16O7. The first-order valence-electron chi connectivity index (χ1n) is 7.90. The quantitative estimate of drug-likeness (QED) is 0.307. The van der Waals surface area contributed by atoms with Crippen molar-refractivity contribution in [1.82, 2.24) is 0 Å². The van der Waals surface area contributed by atoms with Gasteiger partial charge in [0.25, 0.3) is 0 Å². The molecular weight excluding hydrogens is 352 g/mol. The fraction of sp³-hybridized carbons (Fsp3) is 0.0500. The van der Waals surface area contributed by atoms with Crippen molar-refractivity contribution in [2.75, 3.05) is 0 Å². The topological polar surface area (TPSA) is 138 Å². The van der Waals surface area contributed by atoms with E-state index in [0.29, 0.717) is 0 Å². The zero-order valence-electron chi connectivity index (χ0n) is 13.9. The maximum absolute atomic E-state index is 12.6. The van der Waals surface area contributed by atoms with E-state index in [0.717, 1.165) is 12.1 Å². The van der Waals surface area contributed by atoms with Crippen LogP contribution >= 0.6 is 0 Å². The van der Waals surface area contributed by atoms with E-state index >= 15 is 0 Å². The van der Waals surface area contributed by atoms with Gasteiger partial charge in [-0.3, -0.25) is 4.79 Å². The molecule has 0 aliphatic heterocycles. The fourth-order valence-corrected chi connectivity index (χ4v) is 2.75. The van der Waals surface area contributed by atoms with Crippen LogP contribution in [0.2, 0.25) is 0 Å². The van der Waals surface area contributed by atoms with Gasteiger partial charge < -0.3 is 30.6 Å². The molecule has 0 saturated carbocycles. The van der Waals surface area contributed by atoms with Crippen LogP contribution in [0.4, 0.5) is 0 Å². The Morgan fingerprint density at radius 1 is 0.741 bits per heavy atom. The molecule has 3 rings (SSSR count). The molecule has 3 aromatic carbocycles. The van der Waals surface area contributed by atoms with Gasteiger partial charge >= 0.3 is 0 Å². The molecule has 0 spiro atoms. The van der Waals surface area contributed by atoms with Crippen LogP contribution in [0, 0.1) is 0 Å². The molecule has 0 radical (unpaired) electrons. The summed E-state index contributed by atoms with van der Waals surface area (Å²) in [5.74, 6) is -4.15. The molecule has 3 aromatic rings. The second-order valence-electron chi connectivity index (χ2n) is 5.96. The van der Waals surface area contributed by atoms with E-state index < -0.39 is 34.5 Å². The van der Waals surface area contributed by atoms with E-state index in [-0.39, 0.29) is 34.4 Å². The van der Waals surface area contributed by atoms with E-state index in [1.54, 1.807) is 18.2 Å². The number of benzene rings is 3. The number of hydrogen-bond acceptors (Lipinski definition) is 7. The van der Waals surface area contributed by atoms with Crippen LogP contribution in [0.25, 0.3) is 0 Å². The first kappa shape index (κ1) is 17.9. The summed E-state index contributed by atoms with van der Waals surface area (Å²) in [7, 11) is 0. The molecule has 0 amide bonds. The molecule has 0 aromatic heterocycles. The van der Waals surface area contributed by atoms with Crippen LogP contribution in [0.3, 0.4) is 0 Å². The number of aromatic hydroxyl groups is 6. The minimum atomic E-state index is -0.885. The summed E-state index contributed by atoms with van der Waals surface area (Å²) in [5.41, 5.74) is -0.0319. The van der Waals surface area contributed by atoms with Crippen LogP contribution < -0.4 is 0 Å². The largest absolute Gasteiger partial charge is 0.508 e. The second-order valence-corrected chi connectivity index (χ2v) is 5.96. The van der Waals surface area contributed by atoms with Crippen molar-refractivity contribution >= 4 is 5.78 Å². The zero-order chi connectivity index (χ0) is 19.7. The predicted octanol–water partition coefficient (Wildman–Crippen LogP) is 2.74. The number of hydrogen-bond donors (Lipinski definition) is 6. The molecule has 0 saturated heterocycles. The predicted molar refractivity (Wildman–Crippen MR) is 95.6 cm³/mol. The molecule has 0 heterocycles. The number of phenols is 6. The van der Waals surface area contributed by atoms with Gasteiger partial charge in [0.2, 0.25) is 5.75 Å². The Morgan fingerprint density at radius 2 is 1.33 bits per heavy atom. The highest BCUT2D eigenvalue weighted by Crippen LogP contribution is 2.43. The van der Waals surface area contributed by atoms with Crippen LogP contribution in [0.5, 0.6) is 34.5 Å². The molecule has 7 nitrogen and oxygen atoms in total. The molecule has 7 heteroatoms. The molecule has 0 unspecified atom stereocenters. The Hall–Kier alpha value is -3.87. The number of ketones is 1. The van der Waals surface area contributed by atoms with Crippen molar-refractivity contribution < 1.29 is 35.4 Å². The molecule has 0 bridgehead atoms. The van der Waals surface area contributed by atoms with Gasteiger partial charge in [-0.15, -0.1) is 0 Å². The highest BCUT2D eigenvalue weighted by molar-refractivity contribution is 6.11. The smallest absolute Gasteiger partial charge is 0.201 e. The van der Waals surface area contributed by atoms with Crippen LogP contribution in [0.1, 0.15) is 27.0 Å². The van der Waals surface area contributed by atoms with Gasteiger partial charge in [-0.05, 0) is 6.07 Å². The van der Waals surface area contributed by atoms with E-state index in [1.165, 1.54) is 18.2 Å². The lowest BCUT2D eigenvalue weighted by molar-refractivity contribution is 0.103. The van der Waals surface area contributed by atoms with Crippen molar-refractivity contribution in [2.45, 2.75) is 6.42 Å². The molecule has 0 fully saturated rings. The van der Waals surface area contributed by atoms with E-state index in [1.807, 2.05) is 0 Å². The second kappa shape index (κ2) is 6.80. The Morgan fingerprint density at radius 3 is 1.93 bits per heavy atom. The Bertz CT molecular complexity index is 1000. The van der Waals surface area contributed by atoms with Gasteiger partial charge in [0.1, 0.15) is 17.2 Å². The first-order valence-corrected chi connectivity index (χ1v) is 7.90. The number of carbonyl (C=O) groups excluding carboxylic acids is 1. The minimum Gasteiger partial charge on any atom is -0.508 e. The third-order valence-electron chi connectivity index (χ3n) is 4.16. The Balaban J connectivity index is 2.10. The molecule has 6 N–H and O–H groups in total. The summed E-state index contributed by atoms with van der Waals surface area (Å²) < 4.78 is 0. The van der Waals surface area contributed by atoms with E-state index in [4.69, 9.17) is 0 Å². The summed E-state index contributed by atoms with van der Waals surface area (Å²) in [6.07, 6.45) is -0.271. The van der Waals surface area contributed by atoms with Crippen molar-refractivity contribution in [3.05, 3.63) is 70.8 Å². The first-order chi connectivity index (χ1) is 12.8. The Labute approximate surface area is 153 Å². The summed E-state index contributed by atoms with van der Waals surface area (Å²) in [5, 5.41) is 59.4. The fourth-order valence-electron chi connectivity index (χ4n) is 2.75. The average molecular weight is 368 g/mol. The summed E-state index contributed by atoms with van der Waals surface area (Å²) in [4.78, 5) is 12.6. The summed E-state index contributed by atoms with van der Waals surface area (Å²) in [6, 6.07) is 11.2. The third-order valence-corrected chi connectivity index (χ3v) is 4.16. The van der Waals surface area contributed by atoms with Gasteiger partial charge in [0, 0.05) is 35.2 Å². The number of carbonyl (C=O) groups is 1. The molecule has 0 aliphatic carbocycles. The summed E-state index contributed by atoms with van der Waals surface area (Å²) >= 11 is 0. The van der Waals surface area contributed by atoms with Gasteiger partial charge in [-0.25, -0.2) is 0 Å². The van der Waals surface area contributed by atoms with Crippen molar-refractivity contribution in [3.8, 4) is 34.5 Å². The standard InChI is InChI=1S/C20H16O7/c21-12-8-15(22)13(16(23)9-12)6-11-7-14(19(26)20(27)18(11)25)17(24)10-4-2-1-3-5-10/h1-5,7-9,21-23,25-27H,6H2. The highest BCUT2D eigenvalue weighted by atomic mass is 16.3. The molecule has 27 heavy (non-hydrogen) atoms.